The maximum atomic E-state index is 13.1. The van der Waals surface area contributed by atoms with E-state index in [9.17, 15) is 9.50 Å². The number of halogens is 2. The number of nitrogens with one attached hydrogen (secondary N) is 1. The topological polar surface area (TPSA) is 32.3 Å². The van der Waals surface area contributed by atoms with Crippen LogP contribution >= 0.6 is 11.6 Å². The highest BCUT2D eigenvalue weighted by molar-refractivity contribution is 6.30. The summed E-state index contributed by atoms with van der Waals surface area (Å²) < 4.78 is 13.1. The Morgan fingerprint density at radius 1 is 1.44 bits per heavy atom. The van der Waals surface area contributed by atoms with Gasteiger partial charge in [0.15, 0.2) is 0 Å². The number of hydrogen-bond acceptors (Lipinski definition) is 2. The largest absolute Gasteiger partial charge is 0.390 e. The third kappa shape index (κ3) is 3.22. The first kappa shape index (κ1) is 13.8. The molecule has 0 aromatic heterocycles. The molecule has 0 radical (unpaired) electrons. The molecule has 2 nitrogen and oxygen atoms in total. The molecule has 1 fully saturated rings. The lowest BCUT2D eigenvalue weighted by Gasteiger charge is -2.36. The fourth-order valence-electron chi connectivity index (χ4n) is 2.65. The van der Waals surface area contributed by atoms with Crippen LogP contribution in [0.15, 0.2) is 18.2 Å². The summed E-state index contributed by atoms with van der Waals surface area (Å²) in [5.41, 5.74) is 0.223. The van der Waals surface area contributed by atoms with Gasteiger partial charge in [0.1, 0.15) is 5.82 Å². The van der Waals surface area contributed by atoms with Crippen LogP contribution in [0.4, 0.5) is 4.39 Å². The second kappa shape index (κ2) is 5.55. The number of benzene rings is 1. The van der Waals surface area contributed by atoms with Gasteiger partial charge in [-0.25, -0.2) is 4.39 Å². The summed E-state index contributed by atoms with van der Waals surface area (Å²) in [6.07, 6.45) is 4.04. The van der Waals surface area contributed by atoms with E-state index in [0.717, 1.165) is 31.2 Å². The van der Waals surface area contributed by atoms with Crippen LogP contribution in [0, 0.1) is 5.82 Å². The zero-order valence-corrected chi connectivity index (χ0v) is 11.3. The zero-order chi connectivity index (χ0) is 13.2. The van der Waals surface area contributed by atoms with Crippen LogP contribution in [0.5, 0.6) is 0 Å². The second-order valence-electron chi connectivity index (χ2n) is 5.21. The van der Waals surface area contributed by atoms with Crippen LogP contribution < -0.4 is 5.32 Å². The molecular weight excluding hydrogens is 253 g/mol. The minimum Gasteiger partial charge on any atom is -0.390 e. The van der Waals surface area contributed by atoms with Crippen molar-refractivity contribution >= 4 is 11.6 Å². The Bertz CT molecular complexity index is 416. The average Bonchev–Trinajstić information content (AvgIpc) is 2.35. The van der Waals surface area contributed by atoms with E-state index < -0.39 is 11.4 Å². The Balaban J connectivity index is 2.02. The van der Waals surface area contributed by atoms with Crippen molar-refractivity contribution in [3.63, 3.8) is 0 Å². The molecule has 0 heterocycles. The number of aliphatic hydroxyl groups is 1. The smallest absolute Gasteiger partial charge is 0.141 e. The lowest BCUT2D eigenvalue weighted by Crippen LogP contribution is -2.41. The van der Waals surface area contributed by atoms with Gasteiger partial charge in [-0.2, -0.15) is 0 Å². The Labute approximate surface area is 112 Å². The van der Waals surface area contributed by atoms with Crippen molar-refractivity contribution in [1.29, 1.82) is 0 Å². The minimum atomic E-state index is -0.672. The van der Waals surface area contributed by atoms with Crippen molar-refractivity contribution in [2.45, 2.75) is 43.7 Å². The van der Waals surface area contributed by atoms with E-state index in [0.29, 0.717) is 12.5 Å². The summed E-state index contributed by atoms with van der Waals surface area (Å²) in [6, 6.07) is 5.17. The molecule has 0 atom stereocenters. The summed E-state index contributed by atoms with van der Waals surface area (Å²) in [5, 5.41) is 13.9. The third-order valence-electron chi connectivity index (χ3n) is 3.84. The Morgan fingerprint density at radius 3 is 2.67 bits per heavy atom. The fraction of sp³-hybridized carbons (Fsp3) is 0.571. The van der Waals surface area contributed by atoms with Crippen molar-refractivity contribution in [3.05, 3.63) is 34.6 Å². The van der Waals surface area contributed by atoms with E-state index >= 15 is 0 Å². The molecule has 2 rings (SSSR count). The quantitative estimate of drug-likeness (QED) is 0.886. The van der Waals surface area contributed by atoms with Gasteiger partial charge >= 0.3 is 0 Å². The molecule has 1 aliphatic carbocycles. The van der Waals surface area contributed by atoms with E-state index in [1.807, 2.05) is 7.05 Å². The van der Waals surface area contributed by atoms with Gasteiger partial charge in [-0.05, 0) is 50.4 Å². The van der Waals surface area contributed by atoms with Gasteiger partial charge in [-0.1, -0.05) is 17.7 Å². The van der Waals surface area contributed by atoms with Gasteiger partial charge in [0.05, 0.1) is 10.6 Å². The summed E-state index contributed by atoms with van der Waals surface area (Å²) >= 11 is 5.76. The molecular formula is C14H19ClFNO. The predicted octanol–water partition coefficient (Wildman–Crippen LogP) is 2.91. The van der Waals surface area contributed by atoms with Crippen LogP contribution in [0.2, 0.25) is 5.02 Å². The highest BCUT2D eigenvalue weighted by Gasteiger charge is 2.32. The van der Waals surface area contributed by atoms with Crippen molar-refractivity contribution < 1.29 is 9.50 Å². The normalized spacial score (nSPS) is 28.3. The standard InChI is InChI=1S/C14H19ClFNO/c1-17-11-4-6-14(18,7-5-11)9-10-2-3-13(16)12(15)8-10/h2-3,8,11,17-18H,4-7,9H2,1H3. The molecule has 1 aliphatic rings. The van der Waals surface area contributed by atoms with E-state index in [4.69, 9.17) is 11.6 Å². The van der Waals surface area contributed by atoms with Crippen molar-refractivity contribution in [2.24, 2.45) is 0 Å². The Morgan fingerprint density at radius 2 is 2.11 bits per heavy atom. The molecule has 1 aromatic carbocycles. The molecule has 0 unspecified atom stereocenters. The maximum absolute atomic E-state index is 13.1. The fourth-order valence-corrected chi connectivity index (χ4v) is 2.85. The highest BCUT2D eigenvalue weighted by Crippen LogP contribution is 2.32. The van der Waals surface area contributed by atoms with Crippen LogP contribution in [0.3, 0.4) is 0 Å². The van der Waals surface area contributed by atoms with Gasteiger partial charge in [-0.3, -0.25) is 0 Å². The Hall–Kier alpha value is -0.640. The summed E-state index contributed by atoms with van der Waals surface area (Å²) in [6.45, 7) is 0. The van der Waals surface area contributed by atoms with Crippen molar-refractivity contribution in [2.75, 3.05) is 7.05 Å². The van der Waals surface area contributed by atoms with Gasteiger partial charge in [0.2, 0.25) is 0 Å². The molecule has 0 aliphatic heterocycles. The third-order valence-corrected chi connectivity index (χ3v) is 4.13. The molecule has 18 heavy (non-hydrogen) atoms. The number of hydrogen-bond donors (Lipinski definition) is 2. The SMILES string of the molecule is CNC1CCC(O)(Cc2ccc(F)c(Cl)c2)CC1. The summed E-state index contributed by atoms with van der Waals surface area (Å²) in [7, 11) is 1.95. The highest BCUT2D eigenvalue weighted by atomic mass is 35.5. The molecule has 4 heteroatoms. The van der Waals surface area contributed by atoms with Gasteiger partial charge in [0.25, 0.3) is 0 Å². The van der Waals surface area contributed by atoms with E-state index in [1.165, 1.54) is 6.07 Å². The van der Waals surface area contributed by atoms with E-state index in [2.05, 4.69) is 5.32 Å². The molecule has 0 amide bonds. The first-order chi connectivity index (χ1) is 8.52. The van der Waals surface area contributed by atoms with Crippen LogP contribution in [0.25, 0.3) is 0 Å². The van der Waals surface area contributed by atoms with Gasteiger partial charge in [0, 0.05) is 12.5 Å². The predicted molar refractivity (Wildman–Crippen MR) is 71.4 cm³/mol. The number of rotatable bonds is 3. The first-order valence-electron chi connectivity index (χ1n) is 6.36. The molecule has 2 N–H and O–H groups in total. The molecule has 1 aromatic rings. The zero-order valence-electron chi connectivity index (χ0n) is 10.5. The van der Waals surface area contributed by atoms with Crippen molar-refractivity contribution in [1.82, 2.24) is 5.32 Å². The van der Waals surface area contributed by atoms with Crippen LogP contribution in [0.1, 0.15) is 31.2 Å². The van der Waals surface area contributed by atoms with Gasteiger partial charge < -0.3 is 10.4 Å². The van der Waals surface area contributed by atoms with Crippen molar-refractivity contribution in [3.8, 4) is 0 Å². The van der Waals surface area contributed by atoms with Gasteiger partial charge in [-0.15, -0.1) is 0 Å². The summed E-state index contributed by atoms with van der Waals surface area (Å²) in [5.74, 6) is -0.411. The first-order valence-corrected chi connectivity index (χ1v) is 6.74. The monoisotopic (exact) mass is 271 g/mol. The van der Waals surface area contributed by atoms with E-state index in [-0.39, 0.29) is 5.02 Å². The average molecular weight is 272 g/mol. The molecule has 100 valence electrons. The van der Waals surface area contributed by atoms with Crippen LogP contribution in [-0.4, -0.2) is 23.8 Å². The van der Waals surface area contributed by atoms with E-state index in [1.54, 1.807) is 12.1 Å². The summed E-state index contributed by atoms with van der Waals surface area (Å²) in [4.78, 5) is 0. The molecule has 0 saturated heterocycles. The minimum absolute atomic E-state index is 0.125. The molecule has 0 spiro atoms. The lowest BCUT2D eigenvalue weighted by atomic mass is 9.78. The molecule has 1 saturated carbocycles. The lowest BCUT2D eigenvalue weighted by molar-refractivity contribution is -0.00243. The van der Waals surface area contributed by atoms with Crippen LogP contribution in [-0.2, 0) is 6.42 Å². The maximum Gasteiger partial charge on any atom is 0.141 e. The second-order valence-corrected chi connectivity index (χ2v) is 5.62. The molecule has 0 bridgehead atoms. The Kier molecular flexibility index (Phi) is 4.25.